The molecular weight excluding hydrogens is 695 g/mol. The molecule has 0 bridgehead atoms. The fourth-order valence-electron chi connectivity index (χ4n) is 5.24. The van der Waals surface area contributed by atoms with Crippen molar-refractivity contribution >= 4 is 75.6 Å². The first kappa shape index (κ1) is 33.1. The standard InChI is InChI=1S/C36H27Cl3N2O4S2/c1-3-44-35(43)31-32(22-7-5-4-6-8-22)40-36-41(33(31)23-10-13-26(46-2)14-11-23)34(42)30(47-36)19-24-18-25(37)12-16-29(24)45-20-21-9-15-27(38)28(39)17-21/h4-19,33H,3,20H2,1-2H3/b30-19-/t33-/m1/s1. The van der Waals surface area contributed by atoms with Crippen LogP contribution in [0.1, 0.15) is 35.2 Å². The van der Waals surface area contributed by atoms with Crippen LogP contribution in [0.2, 0.25) is 15.1 Å². The topological polar surface area (TPSA) is 69.9 Å². The Morgan fingerprint density at radius 2 is 1.74 bits per heavy atom. The lowest BCUT2D eigenvalue weighted by atomic mass is 9.93. The number of carbonyl (C=O) groups excluding carboxylic acids is 1. The average Bonchev–Trinajstić information content (AvgIpc) is 3.39. The molecule has 0 N–H and O–H groups in total. The Morgan fingerprint density at radius 3 is 2.45 bits per heavy atom. The van der Waals surface area contributed by atoms with E-state index in [2.05, 4.69) is 0 Å². The zero-order valence-electron chi connectivity index (χ0n) is 25.2. The van der Waals surface area contributed by atoms with Gasteiger partial charge in [-0.1, -0.05) is 94.7 Å². The van der Waals surface area contributed by atoms with Crippen molar-refractivity contribution in [2.24, 2.45) is 4.99 Å². The van der Waals surface area contributed by atoms with Crippen LogP contribution in [0.3, 0.4) is 0 Å². The summed E-state index contributed by atoms with van der Waals surface area (Å²) in [4.78, 5) is 34.5. The Labute approximate surface area is 294 Å². The summed E-state index contributed by atoms with van der Waals surface area (Å²) in [5.41, 5.74) is 3.38. The molecule has 0 radical (unpaired) electrons. The quantitative estimate of drug-likeness (QED) is 0.113. The molecule has 6 rings (SSSR count). The highest BCUT2D eigenvalue weighted by molar-refractivity contribution is 7.98. The fraction of sp³-hybridized carbons (Fsp3) is 0.139. The average molecular weight is 722 g/mol. The maximum Gasteiger partial charge on any atom is 0.338 e. The molecule has 1 aliphatic heterocycles. The highest BCUT2D eigenvalue weighted by Gasteiger charge is 2.35. The van der Waals surface area contributed by atoms with Gasteiger partial charge in [-0.2, -0.15) is 0 Å². The molecule has 47 heavy (non-hydrogen) atoms. The zero-order valence-corrected chi connectivity index (χ0v) is 29.1. The fourth-order valence-corrected chi connectivity index (χ4v) is 7.14. The molecule has 1 atom stereocenters. The summed E-state index contributed by atoms with van der Waals surface area (Å²) in [6.07, 6.45) is 3.73. The molecule has 2 heterocycles. The van der Waals surface area contributed by atoms with Crippen molar-refractivity contribution in [3.05, 3.63) is 154 Å². The van der Waals surface area contributed by atoms with Crippen LogP contribution in [0, 0.1) is 0 Å². The number of fused-ring (bicyclic) bond motifs is 1. The summed E-state index contributed by atoms with van der Waals surface area (Å²) in [6.45, 7) is 2.15. The predicted molar refractivity (Wildman–Crippen MR) is 192 cm³/mol. The van der Waals surface area contributed by atoms with Gasteiger partial charge in [-0.25, -0.2) is 9.79 Å². The van der Waals surface area contributed by atoms with Crippen molar-refractivity contribution in [2.75, 3.05) is 12.9 Å². The van der Waals surface area contributed by atoms with Crippen molar-refractivity contribution in [2.45, 2.75) is 24.5 Å². The number of thiazole rings is 1. The molecule has 5 aromatic rings. The van der Waals surface area contributed by atoms with Crippen LogP contribution < -0.4 is 19.6 Å². The Balaban J connectivity index is 1.52. The molecule has 11 heteroatoms. The van der Waals surface area contributed by atoms with E-state index in [0.717, 1.165) is 21.6 Å². The third-order valence-electron chi connectivity index (χ3n) is 7.44. The summed E-state index contributed by atoms with van der Waals surface area (Å²) in [5.74, 6) is -0.0103. The van der Waals surface area contributed by atoms with Gasteiger partial charge < -0.3 is 9.47 Å². The second-order valence-electron chi connectivity index (χ2n) is 10.4. The van der Waals surface area contributed by atoms with Crippen molar-refractivity contribution in [3.8, 4) is 5.75 Å². The minimum Gasteiger partial charge on any atom is -0.488 e. The Morgan fingerprint density at radius 1 is 0.979 bits per heavy atom. The van der Waals surface area contributed by atoms with Crippen LogP contribution in [0.15, 0.2) is 111 Å². The molecule has 4 aromatic carbocycles. The zero-order chi connectivity index (χ0) is 33.1. The second kappa shape index (κ2) is 14.5. The van der Waals surface area contributed by atoms with Crippen molar-refractivity contribution in [3.63, 3.8) is 0 Å². The summed E-state index contributed by atoms with van der Waals surface area (Å²) in [6, 6.07) is 27.0. The first-order valence-electron chi connectivity index (χ1n) is 14.6. The van der Waals surface area contributed by atoms with E-state index in [9.17, 15) is 9.59 Å². The van der Waals surface area contributed by atoms with Crippen LogP contribution >= 0.6 is 57.9 Å². The van der Waals surface area contributed by atoms with E-state index < -0.39 is 12.0 Å². The minimum absolute atomic E-state index is 0.173. The number of halogens is 3. The number of esters is 1. The van der Waals surface area contributed by atoms with Gasteiger partial charge in [-0.15, -0.1) is 11.8 Å². The normalized spacial score (nSPS) is 14.5. The monoisotopic (exact) mass is 720 g/mol. The van der Waals surface area contributed by atoms with E-state index >= 15 is 0 Å². The van der Waals surface area contributed by atoms with E-state index in [1.807, 2.05) is 66.9 Å². The summed E-state index contributed by atoms with van der Waals surface area (Å²) in [7, 11) is 0. The number of hydrogen-bond donors (Lipinski definition) is 0. The number of carbonyl (C=O) groups is 1. The first-order valence-corrected chi connectivity index (χ1v) is 17.7. The van der Waals surface area contributed by atoms with Crippen molar-refractivity contribution < 1.29 is 14.3 Å². The highest BCUT2D eigenvalue weighted by atomic mass is 35.5. The minimum atomic E-state index is -0.775. The van der Waals surface area contributed by atoms with Gasteiger partial charge in [0, 0.05) is 21.0 Å². The number of rotatable bonds is 9. The molecule has 0 unspecified atom stereocenters. The van der Waals surface area contributed by atoms with Crippen LogP contribution in [-0.2, 0) is 16.1 Å². The number of thioether (sulfide) groups is 1. The van der Waals surface area contributed by atoms with Crippen LogP contribution in [0.25, 0.3) is 11.8 Å². The molecule has 1 aromatic heterocycles. The van der Waals surface area contributed by atoms with Crippen LogP contribution in [0.4, 0.5) is 0 Å². The number of ether oxygens (including phenoxy) is 2. The van der Waals surface area contributed by atoms with E-state index in [1.54, 1.807) is 59.7 Å². The summed E-state index contributed by atoms with van der Waals surface area (Å²) in [5, 5.41) is 1.37. The molecular formula is C36H27Cl3N2O4S2. The van der Waals surface area contributed by atoms with Gasteiger partial charge in [0.1, 0.15) is 12.4 Å². The molecule has 0 amide bonds. The van der Waals surface area contributed by atoms with Gasteiger partial charge in [0.2, 0.25) is 0 Å². The SMILES string of the molecule is CCOC(=O)C1=C(c2ccccc2)N=c2s/c(=C\c3cc(Cl)ccc3OCc3ccc(Cl)c(Cl)c3)c(=O)n2[C@@H]1c1ccc(SC)cc1. The molecule has 0 saturated carbocycles. The molecule has 0 spiro atoms. The summed E-state index contributed by atoms with van der Waals surface area (Å²) < 4.78 is 13.7. The van der Waals surface area contributed by atoms with Crippen LogP contribution in [-0.4, -0.2) is 23.4 Å². The molecule has 0 saturated heterocycles. The molecule has 0 aliphatic carbocycles. The number of hydrogen-bond acceptors (Lipinski definition) is 7. The molecule has 238 valence electrons. The molecule has 0 fully saturated rings. The third kappa shape index (κ3) is 7.08. The smallest absolute Gasteiger partial charge is 0.338 e. The van der Waals surface area contributed by atoms with Gasteiger partial charge in [-0.05, 0) is 72.8 Å². The lowest BCUT2D eigenvalue weighted by molar-refractivity contribution is -0.138. The van der Waals surface area contributed by atoms with Crippen LogP contribution in [0.5, 0.6) is 5.75 Å². The molecule has 1 aliphatic rings. The molecule has 6 nitrogen and oxygen atoms in total. The summed E-state index contributed by atoms with van der Waals surface area (Å²) >= 11 is 21.5. The lowest BCUT2D eigenvalue weighted by Gasteiger charge is -2.26. The third-order valence-corrected chi connectivity index (χ3v) is 10.1. The Hall–Kier alpha value is -3.79. The predicted octanol–water partition coefficient (Wildman–Crippen LogP) is 8.20. The number of nitrogens with zero attached hydrogens (tertiary/aromatic N) is 2. The van der Waals surface area contributed by atoms with E-state index in [0.29, 0.717) is 47.0 Å². The van der Waals surface area contributed by atoms with Crippen molar-refractivity contribution in [1.29, 1.82) is 0 Å². The van der Waals surface area contributed by atoms with Gasteiger partial charge in [0.05, 0.1) is 38.5 Å². The van der Waals surface area contributed by atoms with Crippen molar-refractivity contribution in [1.82, 2.24) is 4.57 Å². The maximum atomic E-state index is 14.3. The Kier molecular flexibility index (Phi) is 10.2. The number of benzene rings is 4. The largest absolute Gasteiger partial charge is 0.488 e. The van der Waals surface area contributed by atoms with Gasteiger partial charge in [0.15, 0.2) is 4.80 Å². The van der Waals surface area contributed by atoms with Gasteiger partial charge >= 0.3 is 5.97 Å². The van der Waals surface area contributed by atoms with E-state index in [4.69, 9.17) is 49.3 Å². The second-order valence-corrected chi connectivity index (χ2v) is 13.6. The maximum absolute atomic E-state index is 14.3. The first-order chi connectivity index (χ1) is 22.8. The highest BCUT2D eigenvalue weighted by Crippen LogP contribution is 2.36. The van der Waals surface area contributed by atoms with Gasteiger partial charge in [-0.3, -0.25) is 9.36 Å². The number of aromatic nitrogens is 1. The van der Waals surface area contributed by atoms with E-state index in [-0.39, 0.29) is 18.8 Å². The lowest BCUT2D eigenvalue weighted by Crippen LogP contribution is -2.40. The van der Waals surface area contributed by atoms with Gasteiger partial charge in [0.25, 0.3) is 5.56 Å². The van der Waals surface area contributed by atoms with E-state index in [1.165, 1.54) is 11.3 Å². The Bertz CT molecular complexity index is 2180.